The zero-order chi connectivity index (χ0) is 22.4. The highest BCUT2D eigenvalue weighted by Gasteiger charge is 2.32. The molecule has 0 amide bonds. The number of hydrogen-bond donors (Lipinski definition) is 2. The number of para-hydroxylation sites is 1. The van der Waals surface area contributed by atoms with Crippen molar-refractivity contribution in [2.45, 2.75) is 25.4 Å². The number of fused-ring (bicyclic) bond motifs is 1. The Bertz CT molecular complexity index is 1300. The monoisotopic (exact) mass is 444 g/mol. The number of imidazole rings is 1. The van der Waals surface area contributed by atoms with Crippen molar-refractivity contribution in [3.05, 3.63) is 59.9 Å². The van der Waals surface area contributed by atoms with Gasteiger partial charge < -0.3 is 15.8 Å². The summed E-state index contributed by atoms with van der Waals surface area (Å²) in [5.41, 5.74) is 6.77. The third kappa shape index (κ3) is 3.66. The van der Waals surface area contributed by atoms with Crippen LogP contribution in [0.4, 0.5) is 34.9 Å². The molecule has 0 saturated heterocycles. The summed E-state index contributed by atoms with van der Waals surface area (Å²) in [7, 11) is 0. The number of halogens is 4. The van der Waals surface area contributed by atoms with Crippen molar-refractivity contribution in [2.75, 3.05) is 11.1 Å². The topological polar surface area (TPSA) is 90.9 Å². The summed E-state index contributed by atoms with van der Waals surface area (Å²) in [6, 6.07) is 9.98. The van der Waals surface area contributed by atoms with Crippen LogP contribution in [0.5, 0.6) is 5.75 Å². The lowest BCUT2D eigenvalue weighted by Crippen LogP contribution is -2.11. The summed E-state index contributed by atoms with van der Waals surface area (Å²) >= 11 is 0. The van der Waals surface area contributed by atoms with Crippen molar-refractivity contribution >= 4 is 28.4 Å². The van der Waals surface area contributed by atoms with E-state index in [-0.39, 0.29) is 29.0 Å². The molecule has 0 aliphatic heterocycles. The maximum Gasteiger partial charge on any atom is 0.387 e. The van der Waals surface area contributed by atoms with Crippen LogP contribution in [0, 0.1) is 11.6 Å². The second-order valence-corrected chi connectivity index (χ2v) is 7.29. The second-order valence-electron chi connectivity index (χ2n) is 7.29. The van der Waals surface area contributed by atoms with Crippen LogP contribution in [0.2, 0.25) is 0 Å². The fourth-order valence-electron chi connectivity index (χ4n) is 3.40. The summed E-state index contributed by atoms with van der Waals surface area (Å²) in [6.45, 7) is -2.95. The van der Waals surface area contributed by atoms with E-state index in [1.165, 1.54) is 30.3 Å². The molecule has 1 fully saturated rings. The van der Waals surface area contributed by atoms with Gasteiger partial charge in [0.15, 0.2) is 17.5 Å². The van der Waals surface area contributed by atoms with Gasteiger partial charge in [-0.2, -0.15) is 23.1 Å². The average molecular weight is 444 g/mol. The predicted octanol–water partition coefficient (Wildman–Crippen LogP) is 4.90. The van der Waals surface area contributed by atoms with Gasteiger partial charge in [0.2, 0.25) is 11.8 Å². The van der Waals surface area contributed by atoms with E-state index in [0.717, 1.165) is 12.8 Å². The largest absolute Gasteiger partial charge is 0.435 e. The van der Waals surface area contributed by atoms with E-state index >= 15 is 0 Å². The number of nitrogens with two attached hydrogens (primary N) is 1. The van der Waals surface area contributed by atoms with Crippen molar-refractivity contribution in [1.82, 2.24) is 19.5 Å². The fourth-order valence-corrected chi connectivity index (χ4v) is 3.40. The third-order valence-electron chi connectivity index (χ3n) is 5.01. The molecule has 164 valence electrons. The number of hydrogen-bond acceptors (Lipinski definition) is 6. The minimum atomic E-state index is -2.95. The van der Waals surface area contributed by atoms with Gasteiger partial charge in [-0.15, -0.1) is 0 Å². The SMILES string of the molecule is Nc1nc(-n2c(C3CC3)nc3c(F)cccc32)nc(Nc2ccc(OC(F)F)cc2)c1F. The number of nitrogens with zero attached hydrogens (tertiary/aromatic N) is 4. The molecule has 2 aromatic carbocycles. The molecule has 7 nitrogen and oxygen atoms in total. The van der Waals surface area contributed by atoms with Gasteiger partial charge in [-0.25, -0.2) is 9.37 Å². The first kappa shape index (κ1) is 20.0. The van der Waals surface area contributed by atoms with Gasteiger partial charge in [0.05, 0.1) is 5.52 Å². The Morgan fingerprint density at radius 1 is 1.03 bits per heavy atom. The number of nitrogens with one attached hydrogen (secondary N) is 1. The van der Waals surface area contributed by atoms with E-state index in [1.807, 2.05) is 0 Å². The summed E-state index contributed by atoms with van der Waals surface area (Å²) < 4.78 is 59.5. The van der Waals surface area contributed by atoms with E-state index in [4.69, 9.17) is 5.73 Å². The van der Waals surface area contributed by atoms with Gasteiger partial charge in [-0.1, -0.05) is 6.07 Å². The lowest BCUT2D eigenvalue weighted by Gasteiger charge is -2.13. The number of alkyl halides is 2. The first-order valence-corrected chi connectivity index (χ1v) is 9.73. The van der Waals surface area contributed by atoms with Crippen LogP contribution in [0.25, 0.3) is 17.0 Å². The Morgan fingerprint density at radius 2 is 1.78 bits per heavy atom. The minimum Gasteiger partial charge on any atom is -0.435 e. The number of rotatable bonds is 6. The molecule has 11 heteroatoms. The van der Waals surface area contributed by atoms with Gasteiger partial charge in [0.25, 0.3) is 0 Å². The van der Waals surface area contributed by atoms with Crippen molar-refractivity contribution in [3.8, 4) is 11.7 Å². The van der Waals surface area contributed by atoms with Crippen LogP contribution in [-0.4, -0.2) is 26.1 Å². The van der Waals surface area contributed by atoms with Gasteiger partial charge in [0, 0.05) is 11.6 Å². The Kier molecular flexibility index (Phi) is 4.80. The summed E-state index contributed by atoms with van der Waals surface area (Å²) in [5, 5.41) is 2.76. The third-order valence-corrected chi connectivity index (χ3v) is 5.01. The quantitative estimate of drug-likeness (QED) is 0.411. The minimum absolute atomic E-state index is 0.0408. The van der Waals surface area contributed by atoms with Crippen LogP contribution in [0.1, 0.15) is 24.6 Å². The van der Waals surface area contributed by atoms with Gasteiger partial charge >= 0.3 is 6.61 Å². The molecule has 0 spiro atoms. The number of anilines is 3. The molecule has 5 rings (SSSR count). The molecule has 0 bridgehead atoms. The number of benzene rings is 2. The van der Waals surface area contributed by atoms with Gasteiger partial charge in [-0.05, 0) is 49.2 Å². The molecule has 1 aliphatic rings. The molecule has 0 atom stereocenters. The molecule has 3 N–H and O–H groups in total. The van der Waals surface area contributed by atoms with E-state index in [9.17, 15) is 17.6 Å². The molecule has 32 heavy (non-hydrogen) atoms. The summed E-state index contributed by atoms with van der Waals surface area (Å²) in [6.07, 6.45) is 1.78. The molecule has 2 aromatic heterocycles. The zero-order valence-electron chi connectivity index (χ0n) is 16.4. The van der Waals surface area contributed by atoms with Crippen LogP contribution >= 0.6 is 0 Å². The number of nitrogen functional groups attached to an aromatic ring is 1. The number of aromatic nitrogens is 4. The van der Waals surface area contributed by atoms with Crippen LogP contribution in [-0.2, 0) is 0 Å². The van der Waals surface area contributed by atoms with Crippen molar-refractivity contribution in [1.29, 1.82) is 0 Å². The lowest BCUT2D eigenvalue weighted by atomic mass is 10.3. The molecule has 2 heterocycles. The molecule has 0 unspecified atom stereocenters. The van der Waals surface area contributed by atoms with Gasteiger partial charge in [0.1, 0.15) is 17.1 Å². The van der Waals surface area contributed by atoms with Crippen LogP contribution < -0.4 is 15.8 Å². The van der Waals surface area contributed by atoms with Crippen molar-refractivity contribution < 1.29 is 22.3 Å². The number of ether oxygens (including phenoxy) is 1. The smallest absolute Gasteiger partial charge is 0.387 e. The highest BCUT2D eigenvalue weighted by molar-refractivity contribution is 5.79. The summed E-state index contributed by atoms with van der Waals surface area (Å²) in [5.74, 6) is -1.31. The second kappa shape index (κ2) is 7.66. The molecule has 1 aliphatic carbocycles. The standard InChI is InChI=1S/C21H16F4N6O/c22-13-2-1-3-14-16(13)28-19(10-4-5-10)31(14)21-29-17(26)15(23)18(30-21)27-11-6-8-12(9-7-11)32-20(24)25/h1-3,6-10,20H,4-5H2,(H3,26,27,29,30). The molecular formula is C21H16F4N6O. The maximum atomic E-state index is 14.7. The fraction of sp³-hybridized carbons (Fsp3) is 0.190. The predicted molar refractivity (Wildman–Crippen MR) is 109 cm³/mol. The van der Waals surface area contributed by atoms with Gasteiger partial charge in [-0.3, -0.25) is 4.57 Å². The zero-order valence-corrected chi connectivity index (χ0v) is 16.4. The molecule has 1 saturated carbocycles. The Balaban J connectivity index is 1.56. The molecule has 0 radical (unpaired) electrons. The highest BCUT2D eigenvalue weighted by Crippen LogP contribution is 2.42. The maximum absolute atomic E-state index is 14.7. The normalized spacial score (nSPS) is 13.7. The molecular weight excluding hydrogens is 428 g/mol. The Labute approximate surface area is 178 Å². The first-order chi connectivity index (χ1) is 15.4. The van der Waals surface area contributed by atoms with E-state index in [1.54, 1.807) is 16.7 Å². The van der Waals surface area contributed by atoms with Crippen molar-refractivity contribution in [3.63, 3.8) is 0 Å². The van der Waals surface area contributed by atoms with E-state index in [2.05, 4.69) is 25.0 Å². The lowest BCUT2D eigenvalue weighted by molar-refractivity contribution is -0.0498. The van der Waals surface area contributed by atoms with Crippen LogP contribution in [0.15, 0.2) is 42.5 Å². The average Bonchev–Trinajstić information content (AvgIpc) is 3.52. The van der Waals surface area contributed by atoms with E-state index in [0.29, 0.717) is 17.0 Å². The van der Waals surface area contributed by atoms with Crippen molar-refractivity contribution in [2.24, 2.45) is 0 Å². The summed E-state index contributed by atoms with van der Waals surface area (Å²) in [4.78, 5) is 12.8. The first-order valence-electron chi connectivity index (χ1n) is 9.73. The highest BCUT2D eigenvalue weighted by atomic mass is 19.3. The Hall–Kier alpha value is -3.89. The molecule has 4 aromatic rings. The Morgan fingerprint density at radius 3 is 2.47 bits per heavy atom. The van der Waals surface area contributed by atoms with Crippen LogP contribution in [0.3, 0.4) is 0 Å². The van der Waals surface area contributed by atoms with E-state index < -0.39 is 24.1 Å².